The lowest BCUT2D eigenvalue weighted by Gasteiger charge is -2.21. The largest absolute Gasteiger partial charge is 0.443 e. The molecule has 0 N–H and O–H groups in total. The Labute approximate surface area is 203 Å². The molecule has 34 heavy (non-hydrogen) atoms. The van der Waals surface area contributed by atoms with Crippen LogP contribution in [0.5, 0.6) is 0 Å². The minimum atomic E-state index is -0.612. The Morgan fingerprint density at radius 1 is 1.06 bits per heavy atom. The van der Waals surface area contributed by atoms with Crippen LogP contribution < -0.4 is 0 Å². The number of ketones is 1. The summed E-state index contributed by atoms with van der Waals surface area (Å²) in [6, 6.07) is 10.3. The van der Waals surface area contributed by atoms with E-state index in [4.69, 9.17) is 4.74 Å². The van der Waals surface area contributed by atoms with Crippen molar-refractivity contribution in [3.8, 4) is 11.3 Å². The molecule has 0 fully saturated rings. The van der Waals surface area contributed by atoms with Gasteiger partial charge in [-0.15, -0.1) is 0 Å². The van der Waals surface area contributed by atoms with Crippen molar-refractivity contribution in [3.63, 3.8) is 0 Å². The number of hydrogen-bond acceptors (Lipinski definition) is 4. The zero-order valence-electron chi connectivity index (χ0n) is 21.9. The van der Waals surface area contributed by atoms with Gasteiger partial charge in [-0.1, -0.05) is 26.8 Å². The zero-order chi connectivity index (χ0) is 25.2. The van der Waals surface area contributed by atoms with Crippen molar-refractivity contribution in [2.24, 2.45) is 0 Å². The molecule has 0 aliphatic heterocycles. The molecule has 0 amide bonds. The lowest BCUT2D eigenvalue weighted by molar-refractivity contribution is -0.118. The van der Waals surface area contributed by atoms with Crippen LogP contribution in [0.4, 0.5) is 4.79 Å². The molecule has 0 aliphatic carbocycles. The van der Waals surface area contributed by atoms with Gasteiger partial charge in [-0.05, 0) is 88.8 Å². The summed E-state index contributed by atoms with van der Waals surface area (Å²) in [5.41, 5.74) is 6.17. The summed E-state index contributed by atoms with van der Waals surface area (Å²) >= 11 is 0. The second kappa shape index (κ2) is 10.1. The number of carbonyl (C=O) groups is 2. The van der Waals surface area contributed by atoms with Crippen LogP contribution >= 0.6 is 0 Å². The van der Waals surface area contributed by atoms with E-state index in [9.17, 15) is 9.59 Å². The van der Waals surface area contributed by atoms with Crippen LogP contribution in [0.1, 0.15) is 89.2 Å². The first kappa shape index (κ1) is 25.7. The number of nitrogens with zero attached hydrogens (tertiary/aromatic N) is 2. The number of Topliss-reactive ketones (excluding diaryl/α,β-unsaturated/α-hetero) is 1. The number of pyridine rings is 1. The van der Waals surface area contributed by atoms with Crippen LogP contribution in [0, 0.1) is 13.8 Å². The lowest BCUT2D eigenvalue weighted by atomic mass is 9.94. The first-order valence-electron chi connectivity index (χ1n) is 12.3. The van der Waals surface area contributed by atoms with Crippen molar-refractivity contribution in [2.45, 2.75) is 92.6 Å². The second-order valence-corrected chi connectivity index (χ2v) is 10.5. The van der Waals surface area contributed by atoms with Gasteiger partial charge in [0.2, 0.25) is 0 Å². The summed E-state index contributed by atoms with van der Waals surface area (Å²) in [6.45, 7) is 15.8. The molecule has 0 aliphatic rings. The normalized spacial score (nSPS) is 11.9. The number of fused-ring (bicyclic) bond motifs is 1. The summed E-state index contributed by atoms with van der Waals surface area (Å²) < 4.78 is 7.58. The van der Waals surface area contributed by atoms with Gasteiger partial charge in [0.1, 0.15) is 11.4 Å². The fourth-order valence-electron chi connectivity index (χ4n) is 4.52. The minimum absolute atomic E-state index is 0.187. The minimum Gasteiger partial charge on any atom is -0.443 e. The maximum atomic E-state index is 13.5. The smallest absolute Gasteiger partial charge is 0.419 e. The maximum Gasteiger partial charge on any atom is 0.419 e. The Kier molecular flexibility index (Phi) is 7.64. The molecule has 0 atom stereocenters. The van der Waals surface area contributed by atoms with Gasteiger partial charge in [0.15, 0.2) is 0 Å². The van der Waals surface area contributed by atoms with E-state index in [0.29, 0.717) is 18.6 Å². The van der Waals surface area contributed by atoms with Crippen molar-refractivity contribution < 1.29 is 14.3 Å². The quantitative estimate of drug-likeness (QED) is 0.364. The second-order valence-electron chi connectivity index (χ2n) is 10.5. The van der Waals surface area contributed by atoms with Gasteiger partial charge < -0.3 is 4.74 Å². The molecular formula is C29H38N2O3. The molecule has 2 heterocycles. The van der Waals surface area contributed by atoms with Crippen LogP contribution in [-0.2, 0) is 16.0 Å². The predicted octanol–water partition coefficient (Wildman–Crippen LogP) is 7.53. The Morgan fingerprint density at radius 3 is 2.26 bits per heavy atom. The van der Waals surface area contributed by atoms with Gasteiger partial charge in [-0.25, -0.2) is 9.36 Å². The van der Waals surface area contributed by atoms with Crippen molar-refractivity contribution in [3.05, 3.63) is 52.8 Å². The molecule has 0 unspecified atom stereocenters. The molecule has 0 saturated heterocycles. The molecule has 3 aromatic rings. The number of ether oxygens (including phenoxy) is 1. The third-order valence-corrected chi connectivity index (χ3v) is 5.89. The van der Waals surface area contributed by atoms with Crippen LogP contribution in [0.3, 0.4) is 0 Å². The summed E-state index contributed by atoms with van der Waals surface area (Å²) in [6.07, 6.45) is 2.47. The molecular weight excluding hydrogens is 424 g/mol. The third kappa shape index (κ3) is 5.75. The molecule has 3 rings (SSSR count). The number of hydrogen-bond donors (Lipinski definition) is 0. The number of aryl methyl sites for hydroxylation is 3. The Morgan fingerprint density at radius 2 is 1.71 bits per heavy atom. The third-order valence-electron chi connectivity index (χ3n) is 5.89. The Hall–Kier alpha value is -2.95. The molecule has 0 radical (unpaired) electrons. The topological polar surface area (TPSA) is 61.2 Å². The summed E-state index contributed by atoms with van der Waals surface area (Å²) in [7, 11) is 0. The number of rotatable bonds is 7. The number of carbonyl (C=O) groups excluding carboxylic acids is 2. The molecule has 0 saturated carbocycles. The standard InChI is InChI=1S/C29H38N2O3/c1-9-23(32)12-10-11-21-13-14-25-24(17-21)26(18(2)3)27(22-15-19(4)30-20(5)16-22)31(25)28(33)34-29(6,7)8/h13-18H,9-12H2,1-8H3. The molecule has 5 nitrogen and oxygen atoms in total. The van der Waals surface area contributed by atoms with Crippen LogP contribution in [0.15, 0.2) is 30.3 Å². The Balaban J connectivity index is 2.24. The molecule has 0 spiro atoms. The molecule has 0 bridgehead atoms. The summed E-state index contributed by atoms with van der Waals surface area (Å²) in [4.78, 5) is 29.8. The average Bonchev–Trinajstić information content (AvgIpc) is 3.06. The zero-order valence-corrected chi connectivity index (χ0v) is 21.9. The number of benzene rings is 1. The molecule has 5 heteroatoms. The van der Waals surface area contributed by atoms with Gasteiger partial charge in [-0.2, -0.15) is 0 Å². The van der Waals surface area contributed by atoms with Gasteiger partial charge in [0, 0.05) is 35.2 Å². The van der Waals surface area contributed by atoms with Crippen molar-refractivity contribution in [2.75, 3.05) is 0 Å². The van der Waals surface area contributed by atoms with Crippen LogP contribution in [-0.4, -0.2) is 27.0 Å². The fourth-order valence-corrected chi connectivity index (χ4v) is 4.52. The fraction of sp³-hybridized carbons (Fsp3) is 0.483. The highest BCUT2D eigenvalue weighted by Crippen LogP contribution is 2.40. The SMILES string of the molecule is CCC(=O)CCCc1ccc2c(c1)c(C(C)C)c(-c1cc(C)nc(C)c1)n2C(=O)OC(C)(C)C. The predicted molar refractivity (Wildman–Crippen MR) is 139 cm³/mol. The first-order valence-corrected chi connectivity index (χ1v) is 12.3. The van der Waals surface area contributed by atoms with Crippen molar-refractivity contribution in [1.82, 2.24) is 9.55 Å². The van der Waals surface area contributed by atoms with E-state index in [1.54, 1.807) is 4.57 Å². The molecule has 1 aromatic carbocycles. The lowest BCUT2D eigenvalue weighted by Crippen LogP contribution is -2.27. The highest BCUT2D eigenvalue weighted by atomic mass is 16.6. The van der Waals surface area contributed by atoms with Gasteiger partial charge >= 0.3 is 6.09 Å². The van der Waals surface area contributed by atoms with E-state index >= 15 is 0 Å². The summed E-state index contributed by atoms with van der Waals surface area (Å²) in [5, 5.41) is 1.06. The first-order chi connectivity index (χ1) is 15.9. The monoisotopic (exact) mass is 462 g/mol. The Bertz CT molecular complexity index is 1190. The van der Waals surface area contributed by atoms with Crippen LogP contribution in [0.25, 0.3) is 22.2 Å². The van der Waals surface area contributed by atoms with E-state index in [1.807, 2.05) is 59.7 Å². The van der Waals surface area contributed by atoms with E-state index in [0.717, 1.165) is 52.0 Å². The highest BCUT2D eigenvalue weighted by Gasteiger charge is 2.28. The average molecular weight is 463 g/mol. The highest BCUT2D eigenvalue weighted by molar-refractivity contribution is 6.00. The van der Waals surface area contributed by atoms with Crippen molar-refractivity contribution in [1.29, 1.82) is 0 Å². The molecule has 182 valence electrons. The maximum absolute atomic E-state index is 13.5. The van der Waals surface area contributed by atoms with E-state index < -0.39 is 5.60 Å². The summed E-state index contributed by atoms with van der Waals surface area (Å²) in [5.74, 6) is 0.484. The van der Waals surface area contributed by atoms with Gasteiger partial charge in [0.05, 0.1) is 11.2 Å². The van der Waals surface area contributed by atoms with Crippen LogP contribution in [0.2, 0.25) is 0 Å². The molecule has 2 aromatic heterocycles. The van der Waals surface area contributed by atoms with Gasteiger partial charge in [-0.3, -0.25) is 9.78 Å². The van der Waals surface area contributed by atoms with E-state index in [1.165, 1.54) is 5.56 Å². The van der Waals surface area contributed by atoms with Crippen molar-refractivity contribution >= 4 is 22.8 Å². The van der Waals surface area contributed by atoms with Gasteiger partial charge in [0.25, 0.3) is 0 Å². The van der Waals surface area contributed by atoms with E-state index in [-0.39, 0.29) is 12.0 Å². The van der Waals surface area contributed by atoms with E-state index in [2.05, 4.69) is 31.0 Å². The number of aromatic nitrogens is 2.